The fourth-order valence-electron chi connectivity index (χ4n) is 2.69. The van der Waals surface area contributed by atoms with E-state index in [0.29, 0.717) is 6.04 Å². The maximum Gasteiger partial charge on any atom is 0.0670 e. The van der Waals surface area contributed by atoms with Crippen molar-refractivity contribution in [2.45, 2.75) is 39.3 Å². The molecule has 1 N–H and O–H groups in total. The zero-order chi connectivity index (χ0) is 14.4. The first-order valence-electron chi connectivity index (χ1n) is 7.59. The van der Waals surface area contributed by atoms with Crippen molar-refractivity contribution < 1.29 is 4.74 Å². The van der Waals surface area contributed by atoms with E-state index in [1.807, 2.05) is 6.07 Å². The van der Waals surface area contributed by atoms with Crippen LogP contribution < -0.4 is 10.2 Å². The van der Waals surface area contributed by atoms with E-state index in [2.05, 4.69) is 36.2 Å². The van der Waals surface area contributed by atoms with Crippen molar-refractivity contribution in [1.29, 1.82) is 0 Å². The fourth-order valence-corrected chi connectivity index (χ4v) is 2.88. The summed E-state index contributed by atoms with van der Waals surface area (Å²) in [6, 6.07) is 6.69. The Labute approximate surface area is 127 Å². The smallest absolute Gasteiger partial charge is 0.0670 e. The number of rotatable bonds is 6. The van der Waals surface area contributed by atoms with Crippen molar-refractivity contribution in [2.24, 2.45) is 0 Å². The Morgan fingerprint density at radius 2 is 2.25 bits per heavy atom. The average Bonchev–Trinajstić information content (AvgIpc) is 2.48. The first-order chi connectivity index (χ1) is 9.76. The Kier molecular flexibility index (Phi) is 6.14. The van der Waals surface area contributed by atoms with Crippen LogP contribution >= 0.6 is 11.6 Å². The number of nitrogens with zero attached hydrogens (tertiary/aromatic N) is 1. The highest BCUT2D eigenvalue weighted by Crippen LogP contribution is 2.28. The van der Waals surface area contributed by atoms with Gasteiger partial charge >= 0.3 is 0 Å². The van der Waals surface area contributed by atoms with Gasteiger partial charge in [0.1, 0.15) is 0 Å². The summed E-state index contributed by atoms with van der Waals surface area (Å²) in [4.78, 5) is 2.47. The number of nitrogens with one attached hydrogen (secondary N) is 1. The van der Waals surface area contributed by atoms with Crippen molar-refractivity contribution in [3.63, 3.8) is 0 Å². The lowest BCUT2D eigenvalue weighted by Gasteiger charge is -2.38. The van der Waals surface area contributed by atoms with Gasteiger partial charge in [-0.05, 0) is 43.1 Å². The molecule has 1 atom stereocenters. The van der Waals surface area contributed by atoms with E-state index in [1.54, 1.807) is 0 Å². The number of benzene rings is 1. The molecule has 3 nitrogen and oxygen atoms in total. The van der Waals surface area contributed by atoms with Crippen molar-refractivity contribution in [3.8, 4) is 0 Å². The first-order valence-corrected chi connectivity index (χ1v) is 7.97. The van der Waals surface area contributed by atoms with Gasteiger partial charge in [-0.15, -0.1) is 0 Å². The molecule has 0 radical (unpaired) electrons. The Bertz CT molecular complexity index is 425. The molecule has 0 aromatic heterocycles. The molecule has 20 heavy (non-hydrogen) atoms. The minimum atomic E-state index is 0.467. The van der Waals surface area contributed by atoms with Gasteiger partial charge in [-0.3, -0.25) is 0 Å². The lowest BCUT2D eigenvalue weighted by Crippen LogP contribution is -2.45. The zero-order valence-electron chi connectivity index (χ0n) is 12.5. The SMILES string of the molecule is CCCNCc1cc(Cl)ccc1N1CCOCC1CC. The molecule has 0 bridgehead atoms. The monoisotopic (exact) mass is 296 g/mol. The number of halogens is 1. The summed E-state index contributed by atoms with van der Waals surface area (Å²) < 4.78 is 5.60. The highest BCUT2D eigenvalue weighted by atomic mass is 35.5. The molecule has 1 saturated heterocycles. The molecule has 0 amide bonds. The number of morpholine rings is 1. The van der Waals surface area contributed by atoms with Crippen molar-refractivity contribution in [1.82, 2.24) is 5.32 Å². The molecule has 0 aliphatic carbocycles. The fraction of sp³-hybridized carbons (Fsp3) is 0.625. The third-order valence-corrected chi connectivity index (χ3v) is 4.03. The van der Waals surface area contributed by atoms with Crippen LogP contribution in [0.1, 0.15) is 32.3 Å². The first kappa shape index (κ1) is 15.6. The Morgan fingerprint density at radius 1 is 1.40 bits per heavy atom. The van der Waals surface area contributed by atoms with Gasteiger partial charge in [-0.25, -0.2) is 0 Å². The second-order valence-corrected chi connectivity index (χ2v) is 5.72. The summed E-state index contributed by atoms with van der Waals surface area (Å²) in [6.07, 6.45) is 2.25. The molecule has 112 valence electrons. The molecule has 1 unspecified atom stereocenters. The topological polar surface area (TPSA) is 24.5 Å². The average molecular weight is 297 g/mol. The Hall–Kier alpha value is -0.770. The third kappa shape index (κ3) is 3.87. The molecular formula is C16H25ClN2O. The standard InChI is InChI=1S/C16H25ClN2O/c1-3-7-18-11-13-10-14(17)5-6-16(13)19-8-9-20-12-15(19)4-2/h5-6,10,15,18H,3-4,7-9,11-12H2,1-2H3. The van der Waals surface area contributed by atoms with E-state index in [-0.39, 0.29) is 0 Å². The van der Waals surface area contributed by atoms with Gasteiger partial charge < -0.3 is 15.0 Å². The predicted octanol–water partition coefficient (Wildman–Crippen LogP) is 3.45. The number of ether oxygens (including phenoxy) is 1. The van der Waals surface area contributed by atoms with Crippen LogP contribution in [-0.4, -0.2) is 32.3 Å². The third-order valence-electron chi connectivity index (χ3n) is 3.79. The lowest BCUT2D eigenvalue weighted by molar-refractivity contribution is 0.0929. The minimum Gasteiger partial charge on any atom is -0.377 e. The van der Waals surface area contributed by atoms with Gasteiger partial charge in [0.05, 0.1) is 19.3 Å². The van der Waals surface area contributed by atoms with E-state index in [4.69, 9.17) is 16.3 Å². The van der Waals surface area contributed by atoms with Crippen LogP contribution in [0.2, 0.25) is 5.02 Å². The second kappa shape index (κ2) is 7.87. The highest BCUT2D eigenvalue weighted by Gasteiger charge is 2.23. The molecule has 0 saturated carbocycles. The Morgan fingerprint density at radius 3 is 3.00 bits per heavy atom. The van der Waals surface area contributed by atoms with Crippen LogP contribution in [0, 0.1) is 0 Å². The summed E-state index contributed by atoms with van der Waals surface area (Å²) in [7, 11) is 0. The van der Waals surface area contributed by atoms with Gasteiger partial charge in [0, 0.05) is 23.8 Å². The highest BCUT2D eigenvalue weighted by molar-refractivity contribution is 6.30. The molecule has 0 spiro atoms. The maximum absolute atomic E-state index is 6.17. The van der Waals surface area contributed by atoms with Crippen molar-refractivity contribution >= 4 is 17.3 Å². The summed E-state index contributed by atoms with van der Waals surface area (Å²) >= 11 is 6.17. The molecular weight excluding hydrogens is 272 g/mol. The zero-order valence-corrected chi connectivity index (χ0v) is 13.2. The quantitative estimate of drug-likeness (QED) is 0.814. The molecule has 1 heterocycles. The van der Waals surface area contributed by atoms with Crippen LogP contribution in [0.15, 0.2) is 18.2 Å². The summed E-state index contributed by atoms with van der Waals surface area (Å²) in [5.41, 5.74) is 2.58. The van der Waals surface area contributed by atoms with E-state index in [9.17, 15) is 0 Å². The maximum atomic E-state index is 6.17. The summed E-state index contributed by atoms with van der Waals surface area (Å²) in [5.74, 6) is 0. The van der Waals surface area contributed by atoms with E-state index in [1.165, 1.54) is 11.3 Å². The van der Waals surface area contributed by atoms with Crippen molar-refractivity contribution in [3.05, 3.63) is 28.8 Å². The van der Waals surface area contributed by atoms with Gasteiger partial charge in [-0.1, -0.05) is 25.4 Å². The number of anilines is 1. The largest absolute Gasteiger partial charge is 0.377 e. The predicted molar refractivity (Wildman–Crippen MR) is 85.7 cm³/mol. The van der Waals surface area contributed by atoms with Crippen LogP contribution in [0.4, 0.5) is 5.69 Å². The molecule has 1 aromatic rings. The van der Waals surface area contributed by atoms with Crippen LogP contribution in [0.5, 0.6) is 0 Å². The van der Waals surface area contributed by atoms with Crippen LogP contribution in [0.3, 0.4) is 0 Å². The number of hydrogen-bond donors (Lipinski definition) is 1. The molecule has 4 heteroatoms. The van der Waals surface area contributed by atoms with Gasteiger partial charge in [0.2, 0.25) is 0 Å². The lowest BCUT2D eigenvalue weighted by atomic mass is 10.1. The van der Waals surface area contributed by atoms with E-state index >= 15 is 0 Å². The van der Waals surface area contributed by atoms with Crippen LogP contribution in [-0.2, 0) is 11.3 Å². The van der Waals surface area contributed by atoms with Gasteiger partial charge in [0.15, 0.2) is 0 Å². The molecule has 2 rings (SSSR count). The summed E-state index contributed by atoms with van der Waals surface area (Å²) in [5, 5.41) is 4.28. The second-order valence-electron chi connectivity index (χ2n) is 5.28. The minimum absolute atomic E-state index is 0.467. The van der Waals surface area contributed by atoms with Crippen LogP contribution in [0.25, 0.3) is 0 Å². The van der Waals surface area contributed by atoms with Crippen molar-refractivity contribution in [2.75, 3.05) is 31.2 Å². The van der Waals surface area contributed by atoms with E-state index < -0.39 is 0 Å². The summed E-state index contributed by atoms with van der Waals surface area (Å²) in [6.45, 7) is 8.89. The van der Waals surface area contributed by atoms with E-state index in [0.717, 1.165) is 50.7 Å². The molecule has 1 aliphatic rings. The normalized spacial score (nSPS) is 19.4. The van der Waals surface area contributed by atoms with Gasteiger partial charge in [-0.2, -0.15) is 0 Å². The van der Waals surface area contributed by atoms with Gasteiger partial charge in [0.25, 0.3) is 0 Å². The molecule has 1 fully saturated rings. The molecule has 1 aliphatic heterocycles. The number of hydrogen-bond acceptors (Lipinski definition) is 3. The molecule has 1 aromatic carbocycles. The Balaban J connectivity index is 2.19.